The van der Waals surface area contributed by atoms with Crippen molar-refractivity contribution in [2.24, 2.45) is 0 Å². The molecule has 0 fully saturated rings. The number of carboxylic acid groups (broad SMARTS) is 1. The van der Waals surface area contributed by atoms with Gasteiger partial charge in [0.2, 0.25) is 5.91 Å². The van der Waals surface area contributed by atoms with Crippen LogP contribution in [-0.4, -0.2) is 56.4 Å². The fourth-order valence-corrected chi connectivity index (χ4v) is 1.02. The van der Waals surface area contributed by atoms with Crippen molar-refractivity contribution in [1.29, 1.82) is 0 Å². The third-order valence-electron chi connectivity index (χ3n) is 1.89. The molecule has 0 aromatic carbocycles. The predicted molar refractivity (Wildman–Crippen MR) is 63.2 cm³/mol. The normalized spacial score (nSPS) is 9.61. The van der Waals surface area contributed by atoms with Crippen molar-refractivity contribution in [3.05, 3.63) is 0 Å². The number of carboxylic acids is 1. The minimum atomic E-state index is -0.979. The molecule has 0 rings (SSSR count). The van der Waals surface area contributed by atoms with E-state index in [0.717, 1.165) is 0 Å². The van der Waals surface area contributed by atoms with E-state index in [1.54, 1.807) is 0 Å². The first-order valence-electron chi connectivity index (χ1n) is 5.55. The van der Waals surface area contributed by atoms with Gasteiger partial charge in [-0.25, -0.2) is 4.79 Å². The lowest BCUT2D eigenvalue weighted by Crippen LogP contribution is -2.39. The number of ether oxygens (including phenoxy) is 1. The van der Waals surface area contributed by atoms with E-state index in [2.05, 4.69) is 16.0 Å². The summed E-state index contributed by atoms with van der Waals surface area (Å²) in [5, 5.41) is 15.7. The molecule has 18 heavy (non-hydrogen) atoms. The first-order chi connectivity index (χ1) is 8.56. The zero-order valence-electron chi connectivity index (χ0n) is 10.3. The fourth-order valence-electron chi connectivity index (χ4n) is 1.02. The Kier molecular flexibility index (Phi) is 9.28. The van der Waals surface area contributed by atoms with Crippen LogP contribution in [0.2, 0.25) is 0 Å². The summed E-state index contributed by atoms with van der Waals surface area (Å²) >= 11 is 0. The SMILES string of the molecule is COCCNC(=O)CCNC(=O)NCCC(=O)O. The van der Waals surface area contributed by atoms with Crippen molar-refractivity contribution >= 4 is 17.9 Å². The summed E-state index contributed by atoms with van der Waals surface area (Å²) in [6.45, 7) is 1.12. The van der Waals surface area contributed by atoms with E-state index in [9.17, 15) is 14.4 Å². The largest absolute Gasteiger partial charge is 0.481 e. The standard InChI is InChI=1S/C10H19N3O5/c1-18-7-6-11-8(14)2-4-12-10(17)13-5-3-9(15)16/h2-7H2,1H3,(H,11,14)(H,15,16)(H2,12,13,17). The first-order valence-corrected chi connectivity index (χ1v) is 5.55. The van der Waals surface area contributed by atoms with Crippen molar-refractivity contribution in [3.63, 3.8) is 0 Å². The van der Waals surface area contributed by atoms with Gasteiger partial charge in [0.25, 0.3) is 0 Å². The van der Waals surface area contributed by atoms with Gasteiger partial charge in [-0.05, 0) is 0 Å². The average molecular weight is 261 g/mol. The second kappa shape index (κ2) is 10.3. The van der Waals surface area contributed by atoms with Gasteiger partial charge in [0.1, 0.15) is 0 Å². The number of methoxy groups -OCH3 is 1. The molecule has 0 aromatic rings. The molecule has 0 spiro atoms. The number of aliphatic carboxylic acids is 1. The van der Waals surface area contributed by atoms with Crippen LogP contribution in [0.15, 0.2) is 0 Å². The molecule has 0 unspecified atom stereocenters. The van der Waals surface area contributed by atoms with Gasteiger partial charge in [-0.3, -0.25) is 9.59 Å². The highest BCUT2D eigenvalue weighted by Gasteiger charge is 2.04. The highest BCUT2D eigenvalue weighted by Crippen LogP contribution is 1.79. The molecule has 0 aliphatic carbocycles. The molecule has 0 aliphatic rings. The highest BCUT2D eigenvalue weighted by atomic mass is 16.5. The molecule has 8 nitrogen and oxygen atoms in total. The lowest BCUT2D eigenvalue weighted by Gasteiger charge is -2.07. The molecule has 8 heteroatoms. The van der Waals surface area contributed by atoms with Crippen LogP contribution in [0.4, 0.5) is 4.79 Å². The molecule has 104 valence electrons. The van der Waals surface area contributed by atoms with Crippen molar-refractivity contribution in [2.75, 3.05) is 33.4 Å². The molecule has 0 atom stereocenters. The van der Waals surface area contributed by atoms with Crippen LogP contribution in [-0.2, 0) is 14.3 Å². The van der Waals surface area contributed by atoms with Crippen LogP contribution in [0, 0.1) is 0 Å². The first kappa shape index (κ1) is 16.2. The van der Waals surface area contributed by atoms with Gasteiger partial charge in [0.15, 0.2) is 0 Å². The molecule has 0 radical (unpaired) electrons. The second-order valence-corrected chi connectivity index (χ2v) is 3.42. The Labute approximate surface area is 105 Å². The Bertz CT molecular complexity index is 283. The smallest absolute Gasteiger partial charge is 0.314 e. The number of rotatable bonds is 9. The van der Waals surface area contributed by atoms with Crippen LogP contribution in [0.3, 0.4) is 0 Å². The van der Waals surface area contributed by atoms with Crippen molar-refractivity contribution < 1.29 is 24.2 Å². The predicted octanol–water partition coefficient (Wildman–Crippen LogP) is -1.09. The third kappa shape index (κ3) is 10.7. The van der Waals surface area contributed by atoms with E-state index >= 15 is 0 Å². The summed E-state index contributed by atoms with van der Waals surface area (Å²) in [5.74, 6) is -1.16. The molecule has 0 bridgehead atoms. The number of nitrogens with one attached hydrogen (secondary N) is 3. The Balaban J connectivity index is 3.44. The van der Waals surface area contributed by atoms with Gasteiger partial charge in [-0.15, -0.1) is 0 Å². The Morgan fingerprint density at radius 1 is 1.00 bits per heavy atom. The number of hydrogen-bond donors (Lipinski definition) is 4. The van der Waals surface area contributed by atoms with E-state index in [0.29, 0.717) is 13.2 Å². The van der Waals surface area contributed by atoms with Gasteiger partial charge < -0.3 is 25.8 Å². The Morgan fingerprint density at radius 2 is 1.61 bits per heavy atom. The van der Waals surface area contributed by atoms with Crippen LogP contribution in [0.1, 0.15) is 12.8 Å². The monoisotopic (exact) mass is 261 g/mol. The number of carbonyl (C=O) groups is 3. The third-order valence-corrected chi connectivity index (χ3v) is 1.89. The van der Waals surface area contributed by atoms with Gasteiger partial charge in [-0.1, -0.05) is 0 Å². The van der Waals surface area contributed by atoms with E-state index in [4.69, 9.17) is 9.84 Å². The van der Waals surface area contributed by atoms with E-state index in [-0.39, 0.29) is 31.8 Å². The van der Waals surface area contributed by atoms with Crippen molar-refractivity contribution in [3.8, 4) is 0 Å². The molecule has 0 aliphatic heterocycles. The molecule has 3 amide bonds. The van der Waals surface area contributed by atoms with Crippen LogP contribution < -0.4 is 16.0 Å². The maximum absolute atomic E-state index is 11.2. The van der Waals surface area contributed by atoms with Crippen molar-refractivity contribution in [2.45, 2.75) is 12.8 Å². The molecular formula is C10H19N3O5. The lowest BCUT2D eigenvalue weighted by atomic mass is 10.4. The second-order valence-electron chi connectivity index (χ2n) is 3.42. The molecule has 0 aromatic heterocycles. The van der Waals surface area contributed by atoms with Gasteiger partial charge >= 0.3 is 12.0 Å². The minimum Gasteiger partial charge on any atom is -0.481 e. The van der Waals surface area contributed by atoms with E-state index < -0.39 is 12.0 Å². The van der Waals surface area contributed by atoms with E-state index in [1.807, 2.05) is 0 Å². The maximum Gasteiger partial charge on any atom is 0.314 e. The molecule has 0 saturated carbocycles. The van der Waals surface area contributed by atoms with Crippen molar-refractivity contribution in [1.82, 2.24) is 16.0 Å². The minimum absolute atomic E-state index is 0.0567. The summed E-state index contributed by atoms with van der Waals surface area (Å²) in [5.41, 5.74) is 0. The zero-order chi connectivity index (χ0) is 13.8. The van der Waals surface area contributed by atoms with Crippen LogP contribution >= 0.6 is 0 Å². The summed E-state index contributed by atoms with van der Waals surface area (Å²) in [7, 11) is 1.54. The molecule has 4 N–H and O–H groups in total. The fraction of sp³-hybridized carbons (Fsp3) is 0.700. The number of urea groups is 1. The molecule has 0 saturated heterocycles. The highest BCUT2D eigenvalue weighted by molar-refractivity contribution is 5.78. The summed E-state index contributed by atoms with van der Waals surface area (Å²) in [4.78, 5) is 32.5. The van der Waals surface area contributed by atoms with E-state index in [1.165, 1.54) is 7.11 Å². The average Bonchev–Trinajstić information content (AvgIpc) is 2.29. The topological polar surface area (TPSA) is 117 Å². The van der Waals surface area contributed by atoms with Crippen LogP contribution in [0.5, 0.6) is 0 Å². The number of carbonyl (C=O) groups excluding carboxylic acids is 2. The zero-order valence-corrected chi connectivity index (χ0v) is 10.3. The van der Waals surface area contributed by atoms with Gasteiger partial charge in [-0.2, -0.15) is 0 Å². The van der Waals surface area contributed by atoms with Gasteiger partial charge in [0.05, 0.1) is 13.0 Å². The Morgan fingerprint density at radius 3 is 2.17 bits per heavy atom. The summed E-state index contributed by atoms with van der Waals surface area (Å²) in [6, 6.07) is -0.485. The molecular weight excluding hydrogens is 242 g/mol. The lowest BCUT2D eigenvalue weighted by molar-refractivity contribution is -0.136. The Hall–Kier alpha value is -1.83. The summed E-state index contributed by atoms with van der Waals surface area (Å²) in [6.07, 6.45) is 0.0288. The molecule has 0 heterocycles. The van der Waals surface area contributed by atoms with Gasteiger partial charge in [0, 0.05) is 33.2 Å². The maximum atomic E-state index is 11.2. The number of hydrogen-bond acceptors (Lipinski definition) is 4. The quantitative estimate of drug-likeness (QED) is 0.394. The summed E-state index contributed by atoms with van der Waals surface area (Å²) < 4.78 is 4.76. The number of amides is 3. The van der Waals surface area contributed by atoms with Crippen LogP contribution in [0.25, 0.3) is 0 Å².